The third-order valence-electron chi connectivity index (χ3n) is 3.22. The second kappa shape index (κ2) is 6.35. The van der Waals surface area contributed by atoms with E-state index in [2.05, 4.69) is 15.2 Å². The first-order chi connectivity index (χ1) is 10.4. The van der Waals surface area contributed by atoms with E-state index in [1.54, 1.807) is 25.1 Å². The Morgan fingerprint density at radius 2 is 2.18 bits per heavy atom. The largest absolute Gasteiger partial charge is 0.290 e. The van der Waals surface area contributed by atoms with Crippen molar-refractivity contribution in [2.45, 2.75) is 26.7 Å². The standard InChI is InChI=1S/C14H17N5O3/c1-8(2)11-7-13(17-16-11)15-14(18-20)10-5-4-9(3)12(6-10)19(21)22/h4-8,20H,1-3H3,(H2,15,16,17,18). The summed E-state index contributed by atoms with van der Waals surface area (Å²) in [6.45, 7) is 5.67. The van der Waals surface area contributed by atoms with E-state index in [-0.39, 0.29) is 17.4 Å². The highest BCUT2D eigenvalue weighted by Gasteiger charge is 2.14. The van der Waals surface area contributed by atoms with Crippen LogP contribution in [-0.2, 0) is 0 Å². The highest BCUT2D eigenvalue weighted by atomic mass is 16.6. The lowest BCUT2D eigenvalue weighted by molar-refractivity contribution is -0.385. The number of hydrogen-bond donors (Lipinski definition) is 3. The zero-order valence-electron chi connectivity index (χ0n) is 12.5. The van der Waals surface area contributed by atoms with Gasteiger partial charge in [-0.15, -0.1) is 0 Å². The first kappa shape index (κ1) is 15.6. The molecule has 0 amide bonds. The Morgan fingerprint density at radius 3 is 2.73 bits per heavy atom. The molecule has 0 fully saturated rings. The highest BCUT2D eigenvalue weighted by Crippen LogP contribution is 2.21. The number of hydrogen-bond acceptors (Lipinski definition) is 5. The summed E-state index contributed by atoms with van der Waals surface area (Å²) in [5.41, 5.74) is 3.77. The molecule has 8 nitrogen and oxygen atoms in total. The number of rotatable bonds is 4. The summed E-state index contributed by atoms with van der Waals surface area (Å²) in [6, 6.07) is 6.35. The van der Waals surface area contributed by atoms with Crippen LogP contribution < -0.4 is 5.48 Å². The lowest BCUT2D eigenvalue weighted by atomic mass is 10.1. The molecule has 116 valence electrons. The van der Waals surface area contributed by atoms with E-state index >= 15 is 0 Å². The van der Waals surface area contributed by atoms with Gasteiger partial charge in [0.15, 0.2) is 11.7 Å². The highest BCUT2D eigenvalue weighted by molar-refractivity contribution is 6.00. The predicted molar refractivity (Wildman–Crippen MR) is 81.6 cm³/mol. The van der Waals surface area contributed by atoms with E-state index in [1.807, 2.05) is 19.3 Å². The van der Waals surface area contributed by atoms with Gasteiger partial charge in [-0.05, 0) is 12.8 Å². The van der Waals surface area contributed by atoms with Crippen molar-refractivity contribution in [1.82, 2.24) is 15.7 Å². The fourth-order valence-electron chi connectivity index (χ4n) is 1.90. The van der Waals surface area contributed by atoms with Crippen molar-refractivity contribution in [3.8, 4) is 0 Å². The molecule has 0 aliphatic carbocycles. The van der Waals surface area contributed by atoms with Crippen LogP contribution in [0.3, 0.4) is 0 Å². The molecule has 22 heavy (non-hydrogen) atoms. The first-order valence-corrected chi connectivity index (χ1v) is 6.72. The quantitative estimate of drug-likeness (QED) is 0.347. The van der Waals surface area contributed by atoms with Gasteiger partial charge in [0.2, 0.25) is 0 Å². The van der Waals surface area contributed by atoms with Crippen LogP contribution in [-0.4, -0.2) is 26.2 Å². The lowest BCUT2D eigenvalue weighted by Crippen LogP contribution is -2.20. The van der Waals surface area contributed by atoms with Gasteiger partial charge in [-0.1, -0.05) is 26.0 Å². The Bertz CT molecular complexity index is 721. The van der Waals surface area contributed by atoms with Crippen molar-refractivity contribution >= 4 is 17.3 Å². The van der Waals surface area contributed by atoms with E-state index in [1.165, 1.54) is 6.07 Å². The summed E-state index contributed by atoms with van der Waals surface area (Å²) >= 11 is 0. The fourth-order valence-corrected chi connectivity index (χ4v) is 1.90. The SMILES string of the molecule is Cc1ccc(C(=Nc2cc(C(C)C)[nH]n2)NO)cc1[N+](=O)[O-]. The second-order valence-corrected chi connectivity index (χ2v) is 5.17. The summed E-state index contributed by atoms with van der Waals surface area (Å²) in [5.74, 6) is 0.732. The minimum absolute atomic E-state index is 0.0367. The number of aromatic nitrogens is 2. The van der Waals surface area contributed by atoms with E-state index in [0.29, 0.717) is 16.9 Å². The molecule has 0 atom stereocenters. The Labute approximate surface area is 127 Å². The van der Waals surface area contributed by atoms with E-state index in [4.69, 9.17) is 0 Å². The van der Waals surface area contributed by atoms with Gasteiger partial charge >= 0.3 is 0 Å². The molecule has 0 saturated carbocycles. The number of nitro groups is 1. The molecule has 1 heterocycles. The molecule has 0 aliphatic heterocycles. The number of benzene rings is 1. The molecule has 0 aliphatic rings. The van der Waals surface area contributed by atoms with Crippen LogP contribution >= 0.6 is 0 Å². The Kier molecular flexibility index (Phi) is 4.52. The number of hydroxylamine groups is 1. The van der Waals surface area contributed by atoms with Gasteiger partial charge in [-0.3, -0.25) is 25.9 Å². The summed E-state index contributed by atoms with van der Waals surface area (Å²) in [5, 5.41) is 27.1. The topological polar surface area (TPSA) is 116 Å². The molecule has 2 aromatic rings. The normalized spacial score (nSPS) is 11.8. The number of amidine groups is 1. The van der Waals surface area contributed by atoms with Crippen molar-refractivity contribution < 1.29 is 10.1 Å². The third kappa shape index (κ3) is 3.29. The molecule has 0 radical (unpaired) electrons. The van der Waals surface area contributed by atoms with Crippen molar-refractivity contribution in [3.05, 3.63) is 51.2 Å². The van der Waals surface area contributed by atoms with Crippen LogP contribution in [0.5, 0.6) is 0 Å². The smallest absolute Gasteiger partial charge is 0.273 e. The average Bonchev–Trinajstić information content (AvgIpc) is 2.94. The van der Waals surface area contributed by atoms with Crippen molar-refractivity contribution in [3.63, 3.8) is 0 Å². The molecule has 8 heteroatoms. The van der Waals surface area contributed by atoms with E-state index in [9.17, 15) is 15.3 Å². The lowest BCUT2D eigenvalue weighted by Gasteiger charge is -2.05. The van der Waals surface area contributed by atoms with E-state index in [0.717, 1.165) is 5.69 Å². The molecular weight excluding hydrogens is 286 g/mol. The van der Waals surface area contributed by atoms with Crippen molar-refractivity contribution in [2.75, 3.05) is 0 Å². The maximum atomic E-state index is 11.0. The summed E-state index contributed by atoms with van der Waals surface area (Å²) in [7, 11) is 0. The number of nitrogens with zero attached hydrogens (tertiary/aromatic N) is 3. The molecule has 2 rings (SSSR count). The van der Waals surface area contributed by atoms with Gasteiger partial charge in [0, 0.05) is 29.0 Å². The average molecular weight is 303 g/mol. The number of aryl methyl sites for hydroxylation is 1. The summed E-state index contributed by atoms with van der Waals surface area (Å²) in [4.78, 5) is 14.7. The molecule has 0 bridgehead atoms. The summed E-state index contributed by atoms with van der Waals surface area (Å²) < 4.78 is 0. The number of nitro benzene ring substituents is 1. The van der Waals surface area contributed by atoms with Gasteiger partial charge in [-0.25, -0.2) is 4.99 Å². The zero-order chi connectivity index (χ0) is 16.3. The number of nitrogens with one attached hydrogen (secondary N) is 2. The van der Waals surface area contributed by atoms with Crippen LogP contribution in [0.4, 0.5) is 11.5 Å². The van der Waals surface area contributed by atoms with Gasteiger partial charge in [0.25, 0.3) is 5.69 Å². The maximum absolute atomic E-state index is 11.0. The number of aromatic amines is 1. The predicted octanol–water partition coefficient (Wildman–Crippen LogP) is 2.81. The van der Waals surface area contributed by atoms with Crippen LogP contribution in [0, 0.1) is 17.0 Å². The zero-order valence-corrected chi connectivity index (χ0v) is 12.5. The van der Waals surface area contributed by atoms with E-state index < -0.39 is 4.92 Å². The molecule has 1 aromatic heterocycles. The van der Waals surface area contributed by atoms with Gasteiger partial charge in [0.1, 0.15) is 0 Å². The third-order valence-corrected chi connectivity index (χ3v) is 3.22. The summed E-state index contributed by atoms with van der Waals surface area (Å²) in [6.07, 6.45) is 0. The Balaban J connectivity index is 2.40. The fraction of sp³-hybridized carbons (Fsp3) is 0.286. The van der Waals surface area contributed by atoms with Crippen LogP contribution in [0.2, 0.25) is 0 Å². The Hall–Kier alpha value is -2.74. The van der Waals surface area contributed by atoms with Crippen LogP contribution in [0.15, 0.2) is 29.3 Å². The monoisotopic (exact) mass is 303 g/mol. The molecule has 0 unspecified atom stereocenters. The van der Waals surface area contributed by atoms with Crippen LogP contribution in [0.25, 0.3) is 0 Å². The van der Waals surface area contributed by atoms with Crippen molar-refractivity contribution in [1.29, 1.82) is 0 Å². The minimum Gasteiger partial charge on any atom is -0.290 e. The van der Waals surface area contributed by atoms with Gasteiger partial charge in [0.05, 0.1) is 4.92 Å². The number of H-pyrrole nitrogens is 1. The van der Waals surface area contributed by atoms with Crippen LogP contribution in [0.1, 0.15) is 36.6 Å². The minimum atomic E-state index is -0.473. The molecule has 0 spiro atoms. The first-order valence-electron chi connectivity index (χ1n) is 6.72. The molecule has 1 aromatic carbocycles. The molecule has 3 N–H and O–H groups in total. The maximum Gasteiger partial charge on any atom is 0.273 e. The second-order valence-electron chi connectivity index (χ2n) is 5.17. The van der Waals surface area contributed by atoms with Crippen molar-refractivity contribution in [2.24, 2.45) is 4.99 Å². The number of aliphatic imine (C=N–C) groups is 1. The molecule has 0 saturated heterocycles. The van der Waals surface area contributed by atoms with Gasteiger partial charge in [-0.2, -0.15) is 5.10 Å². The Morgan fingerprint density at radius 1 is 1.45 bits per heavy atom. The van der Waals surface area contributed by atoms with Gasteiger partial charge < -0.3 is 0 Å². The molecular formula is C14H17N5O3.